The van der Waals surface area contributed by atoms with Gasteiger partial charge in [-0.2, -0.15) is 0 Å². The maximum absolute atomic E-state index is 12.5. The number of hydrogen-bond donors (Lipinski definition) is 3. The third kappa shape index (κ3) is 5.48. The van der Waals surface area contributed by atoms with E-state index in [0.29, 0.717) is 6.54 Å². The lowest BCUT2D eigenvalue weighted by Gasteiger charge is -2.36. The summed E-state index contributed by atoms with van der Waals surface area (Å²) in [6.45, 7) is 5.55. The molecule has 0 unspecified atom stereocenters. The number of carbonyl (C=O) groups excluding carboxylic acids is 2. The first-order valence-corrected chi connectivity index (χ1v) is 9.93. The Labute approximate surface area is 171 Å². The first kappa shape index (κ1) is 20.7. The zero-order valence-corrected chi connectivity index (χ0v) is 17.0. The molecule has 29 heavy (non-hydrogen) atoms. The first-order chi connectivity index (χ1) is 14.1. The molecule has 3 rings (SSSR count). The number of nitrogens with one attached hydrogen (secondary N) is 3. The van der Waals surface area contributed by atoms with Crippen molar-refractivity contribution >= 4 is 17.6 Å². The van der Waals surface area contributed by atoms with Crippen molar-refractivity contribution in [3.8, 4) is 5.75 Å². The molecule has 1 atom stereocenters. The molecule has 1 fully saturated rings. The van der Waals surface area contributed by atoms with Crippen molar-refractivity contribution in [3.05, 3.63) is 60.2 Å². The van der Waals surface area contributed by atoms with Gasteiger partial charge < -0.3 is 19.9 Å². The molecule has 0 aromatic heterocycles. The van der Waals surface area contributed by atoms with Crippen molar-refractivity contribution in [2.24, 2.45) is 0 Å². The van der Waals surface area contributed by atoms with E-state index in [1.165, 1.54) is 4.90 Å². The monoisotopic (exact) mass is 397 g/mol. The van der Waals surface area contributed by atoms with Crippen LogP contribution in [0.3, 0.4) is 0 Å². The van der Waals surface area contributed by atoms with Crippen molar-refractivity contribution in [3.63, 3.8) is 0 Å². The van der Waals surface area contributed by atoms with Crippen LogP contribution in [-0.4, -0.2) is 51.3 Å². The number of hydrogen-bond acceptors (Lipinski definition) is 4. The molecule has 2 aromatic rings. The lowest BCUT2D eigenvalue weighted by molar-refractivity contribution is -0.914. The highest BCUT2D eigenvalue weighted by Gasteiger charge is 2.30. The first-order valence-electron chi connectivity index (χ1n) is 9.93. The summed E-state index contributed by atoms with van der Waals surface area (Å²) >= 11 is 0. The van der Waals surface area contributed by atoms with Crippen molar-refractivity contribution < 1.29 is 19.2 Å². The average Bonchev–Trinajstić information content (AvgIpc) is 2.78. The topological polar surface area (TPSA) is 75.1 Å². The highest BCUT2D eigenvalue weighted by atomic mass is 16.5. The van der Waals surface area contributed by atoms with Crippen molar-refractivity contribution in [2.45, 2.75) is 19.5 Å². The second kappa shape index (κ2) is 9.93. The van der Waals surface area contributed by atoms with Gasteiger partial charge in [0, 0.05) is 6.54 Å². The molecule has 2 aromatic carbocycles. The number of imide groups is 1. The van der Waals surface area contributed by atoms with Crippen LogP contribution >= 0.6 is 0 Å². The van der Waals surface area contributed by atoms with E-state index in [0.717, 1.165) is 43.2 Å². The molecule has 3 N–H and O–H groups in total. The molecular weight excluding hydrogens is 368 g/mol. The Hall–Kier alpha value is -3.06. The van der Waals surface area contributed by atoms with Gasteiger partial charge in [0.05, 0.1) is 39.0 Å². The number of rotatable bonds is 6. The molecule has 154 valence electrons. The number of urea groups is 1. The summed E-state index contributed by atoms with van der Waals surface area (Å²) in [7, 11) is 1.68. The maximum Gasteiger partial charge on any atom is 0.321 e. The van der Waals surface area contributed by atoms with Crippen LogP contribution in [-0.2, 0) is 11.3 Å². The predicted octanol–water partition coefficient (Wildman–Crippen LogP) is 0.815. The quantitative estimate of drug-likeness (QED) is 0.675. The Morgan fingerprint density at radius 2 is 1.72 bits per heavy atom. The number of anilines is 1. The lowest BCUT2D eigenvalue weighted by Crippen LogP contribution is -3.19. The molecule has 0 radical (unpaired) electrons. The minimum Gasteiger partial charge on any atom is -0.495 e. The van der Waals surface area contributed by atoms with Gasteiger partial charge in [0.25, 0.3) is 5.91 Å². The number of carbonyl (C=O) groups is 2. The SMILES string of the molecule is COc1ccccc1N1CC[NH+]([C@@H](C)C(=O)NC(=O)NCc2ccccc2)CC1. The zero-order chi connectivity index (χ0) is 20.6. The second-order valence-corrected chi connectivity index (χ2v) is 7.20. The minimum atomic E-state index is -0.460. The molecule has 3 amide bonds. The van der Waals surface area contributed by atoms with E-state index in [1.54, 1.807) is 7.11 Å². The van der Waals surface area contributed by atoms with Crippen LogP contribution in [0.2, 0.25) is 0 Å². The third-order valence-corrected chi connectivity index (χ3v) is 5.37. The van der Waals surface area contributed by atoms with Crippen LogP contribution in [0.5, 0.6) is 5.75 Å². The predicted molar refractivity (Wildman–Crippen MR) is 112 cm³/mol. The Morgan fingerprint density at radius 3 is 2.41 bits per heavy atom. The van der Waals surface area contributed by atoms with Crippen LogP contribution in [0.4, 0.5) is 10.5 Å². The standard InChI is InChI=1S/C22H28N4O3/c1-17(21(27)24-22(28)23-16-18-8-4-3-5-9-18)25-12-14-26(15-13-25)19-10-6-7-11-20(19)29-2/h3-11,17H,12-16H2,1-2H3,(H2,23,24,27,28)/p+1/t17-/m0/s1. The number of nitrogens with zero attached hydrogens (tertiary/aromatic N) is 1. The van der Waals surface area contributed by atoms with Crippen molar-refractivity contribution in [1.29, 1.82) is 0 Å². The van der Waals surface area contributed by atoms with Crippen LogP contribution < -0.4 is 25.2 Å². The zero-order valence-electron chi connectivity index (χ0n) is 17.0. The number of methoxy groups -OCH3 is 1. The van der Waals surface area contributed by atoms with Gasteiger partial charge in [0.15, 0.2) is 6.04 Å². The van der Waals surface area contributed by atoms with Gasteiger partial charge in [-0.25, -0.2) is 4.79 Å². The summed E-state index contributed by atoms with van der Waals surface area (Å²) in [6.07, 6.45) is 0. The Bertz CT molecular complexity index is 820. The fourth-order valence-electron chi connectivity index (χ4n) is 3.59. The van der Waals surface area contributed by atoms with E-state index in [9.17, 15) is 9.59 Å². The smallest absolute Gasteiger partial charge is 0.321 e. The summed E-state index contributed by atoms with van der Waals surface area (Å²) in [5.41, 5.74) is 2.06. The average molecular weight is 397 g/mol. The highest BCUT2D eigenvalue weighted by molar-refractivity contribution is 5.96. The van der Waals surface area contributed by atoms with Gasteiger partial charge in [-0.1, -0.05) is 42.5 Å². The van der Waals surface area contributed by atoms with Gasteiger partial charge in [-0.05, 0) is 24.6 Å². The van der Waals surface area contributed by atoms with Crippen molar-refractivity contribution in [1.82, 2.24) is 10.6 Å². The summed E-state index contributed by atoms with van der Waals surface area (Å²) in [5, 5.41) is 5.19. The van der Waals surface area contributed by atoms with E-state index in [2.05, 4.69) is 21.6 Å². The van der Waals surface area contributed by atoms with E-state index < -0.39 is 6.03 Å². The summed E-state index contributed by atoms with van der Waals surface area (Å²) in [5.74, 6) is 0.605. The number of piperazine rings is 1. The van der Waals surface area contributed by atoms with Crippen LogP contribution in [0.1, 0.15) is 12.5 Å². The molecule has 1 aliphatic rings. The minimum absolute atomic E-state index is 0.253. The van der Waals surface area contributed by atoms with Crippen molar-refractivity contribution in [2.75, 3.05) is 38.2 Å². The number of benzene rings is 2. The van der Waals surface area contributed by atoms with E-state index >= 15 is 0 Å². The number of para-hydroxylation sites is 2. The lowest BCUT2D eigenvalue weighted by atomic mass is 10.2. The van der Waals surface area contributed by atoms with Gasteiger partial charge in [-0.3, -0.25) is 10.1 Å². The van der Waals surface area contributed by atoms with Crippen LogP contribution in [0.15, 0.2) is 54.6 Å². The fraction of sp³-hybridized carbons (Fsp3) is 0.364. The third-order valence-electron chi connectivity index (χ3n) is 5.37. The molecular formula is C22H29N4O3+. The Balaban J connectivity index is 1.46. The van der Waals surface area contributed by atoms with E-state index in [-0.39, 0.29) is 11.9 Å². The second-order valence-electron chi connectivity index (χ2n) is 7.20. The highest BCUT2D eigenvalue weighted by Crippen LogP contribution is 2.27. The molecule has 7 nitrogen and oxygen atoms in total. The normalized spacial score (nSPS) is 15.4. The van der Waals surface area contributed by atoms with E-state index in [4.69, 9.17) is 4.74 Å². The molecule has 0 saturated carbocycles. The number of quaternary nitrogens is 1. The molecule has 1 heterocycles. The Morgan fingerprint density at radius 1 is 1.07 bits per heavy atom. The molecule has 1 aliphatic heterocycles. The van der Waals surface area contributed by atoms with Gasteiger partial charge in [-0.15, -0.1) is 0 Å². The molecule has 0 spiro atoms. The number of amides is 3. The summed E-state index contributed by atoms with van der Waals surface area (Å²) < 4.78 is 5.45. The molecule has 1 saturated heterocycles. The summed E-state index contributed by atoms with van der Waals surface area (Å²) in [6, 6.07) is 16.8. The molecule has 7 heteroatoms. The van der Waals surface area contributed by atoms with Gasteiger partial charge in [0.2, 0.25) is 0 Å². The van der Waals surface area contributed by atoms with Gasteiger partial charge in [0.1, 0.15) is 5.75 Å². The fourth-order valence-corrected chi connectivity index (χ4v) is 3.59. The number of ether oxygens (including phenoxy) is 1. The van der Waals surface area contributed by atoms with Crippen LogP contribution in [0.25, 0.3) is 0 Å². The summed E-state index contributed by atoms with van der Waals surface area (Å²) in [4.78, 5) is 28.0. The van der Waals surface area contributed by atoms with Crippen LogP contribution in [0, 0.1) is 0 Å². The van der Waals surface area contributed by atoms with E-state index in [1.807, 2.05) is 55.5 Å². The Kier molecular flexibility index (Phi) is 7.08. The molecule has 0 aliphatic carbocycles. The maximum atomic E-state index is 12.5. The van der Waals surface area contributed by atoms with Gasteiger partial charge >= 0.3 is 6.03 Å². The molecule has 0 bridgehead atoms. The largest absolute Gasteiger partial charge is 0.495 e.